The highest BCUT2D eigenvalue weighted by Gasteiger charge is 2.20. The van der Waals surface area contributed by atoms with Crippen LogP contribution in [-0.2, 0) is 11.3 Å². The van der Waals surface area contributed by atoms with Gasteiger partial charge in [0.1, 0.15) is 5.82 Å². The predicted molar refractivity (Wildman–Crippen MR) is 108 cm³/mol. The molecule has 9 nitrogen and oxygen atoms in total. The third kappa shape index (κ3) is 6.07. The largest absolute Gasteiger partial charge is 0.461 e. The lowest BCUT2D eigenvalue weighted by Crippen LogP contribution is -2.49. The lowest BCUT2D eigenvalue weighted by atomic mass is 10.1. The molecule has 1 saturated heterocycles. The van der Waals surface area contributed by atoms with Gasteiger partial charge in [-0.3, -0.25) is 10.1 Å². The number of piperidine rings is 1. The number of aromatic nitrogens is 3. The molecule has 154 valence electrons. The molecule has 2 aromatic heterocycles. The normalized spacial score (nSPS) is 16.6. The van der Waals surface area contributed by atoms with Crippen molar-refractivity contribution in [2.45, 2.75) is 45.4 Å². The molecule has 3 N–H and O–H groups in total. The fourth-order valence-corrected chi connectivity index (χ4v) is 3.16. The fourth-order valence-electron chi connectivity index (χ4n) is 3.16. The molecular formula is C19H31N7O2. The first-order valence-electron chi connectivity index (χ1n) is 9.90. The molecule has 0 amide bonds. The molecule has 0 bridgehead atoms. The van der Waals surface area contributed by atoms with E-state index in [1.807, 2.05) is 12.1 Å². The number of aliphatic imine (C=N–C) groups is 1. The Hall–Kier alpha value is -2.39. The number of hydrogen-bond acceptors (Lipinski definition) is 6. The summed E-state index contributed by atoms with van der Waals surface area (Å²) in [7, 11) is 1.78. The molecule has 0 aliphatic carbocycles. The third-order valence-corrected chi connectivity index (χ3v) is 4.71. The third-order valence-electron chi connectivity index (χ3n) is 4.71. The van der Waals surface area contributed by atoms with E-state index in [0.29, 0.717) is 30.3 Å². The number of H-pyrrole nitrogens is 1. The molecule has 2 aromatic rings. The van der Waals surface area contributed by atoms with Crippen LogP contribution in [0.1, 0.15) is 32.5 Å². The molecular weight excluding hydrogens is 358 g/mol. The van der Waals surface area contributed by atoms with Gasteiger partial charge in [-0.25, -0.2) is 4.98 Å². The second-order valence-electron chi connectivity index (χ2n) is 7.19. The number of aromatic amines is 1. The van der Waals surface area contributed by atoms with Crippen molar-refractivity contribution < 1.29 is 9.15 Å². The number of guanidine groups is 1. The Bertz CT molecular complexity index is 718. The number of ether oxygens (including phenoxy) is 1. The van der Waals surface area contributed by atoms with Gasteiger partial charge < -0.3 is 24.7 Å². The Morgan fingerprint density at radius 2 is 2.25 bits per heavy atom. The first kappa shape index (κ1) is 20.3. The topological polar surface area (TPSA) is 104 Å². The molecule has 3 rings (SSSR count). The highest BCUT2D eigenvalue weighted by molar-refractivity contribution is 5.79. The van der Waals surface area contributed by atoms with E-state index in [9.17, 15) is 0 Å². The Morgan fingerprint density at radius 3 is 2.93 bits per heavy atom. The van der Waals surface area contributed by atoms with E-state index in [1.165, 1.54) is 0 Å². The molecule has 0 unspecified atom stereocenters. The number of nitrogens with zero attached hydrogens (tertiary/aromatic N) is 4. The van der Waals surface area contributed by atoms with Crippen molar-refractivity contribution in [2.75, 3.05) is 33.3 Å². The monoisotopic (exact) mass is 389 g/mol. The van der Waals surface area contributed by atoms with Crippen LogP contribution in [0, 0.1) is 0 Å². The minimum absolute atomic E-state index is 0.299. The van der Waals surface area contributed by atoms with Gasteiger partial charge in [-0.15, -0.1) is 5.10 Å². The maximum absolute atomic E-state index is 5.65. The zero-order chi connectivity index (χ0) is 19.8. The molecule has 0 aromatic carbocycles. The van der Waals surface area contributed by atoms with Crippen LogP contribution in [0.3, 0.4) is 0 Å². The van der Waals surface area contributed by atoms with E-state index in [1.54, 1.807) is 13.3 Å². The standard InChI is InChI=1S/C19H31N7O2/c1-14(2)27-12-10-26-8-6-15(7-9-26)22-19(20-3)21-13-17-23-18(25-24-17)16-5-4-11-28-16/h4-5,11,14-15H,6-10,12-13H2,1-3H3,(H2,20,21,22)(H,23,24,25). The van der Waals surface area contributed by atoms with Gasteiger partial charge in [0.25, 0.3) is 0 Å². The van der Waals surface area contributed by atoms with Crippen LogP contribution >= 0.6 is 0 Å². The van der Waals surface area contributed by atoms with E-state index in [4.69, 9.17) is 9.15 Å². The summed E-state index contributed by atoms with van der Waals surface area (Å²) < 4.78 is 11.0. The second-order valence-corrected chi connectivity index (χ2v) is 7.19. The van der Waals surface area contributed by atoms with Crippen LogP contribution < -0.4 is 10.6 Å². The van der Waals surface area contributed by atoms with Gasteiger partial charge in [0.15, 0.2) is 11.7 Å². The molecule has 1 aliphatic rings. The van der Waals surface area contributed by atoms with Crippen LogP contribution in [0.15, 0.2) is 27.8 Å². The molecule has 1 fully saturated rings. The number of furan rings is 1. The zero-order valence-corrected chi connectivity index (χ0v) is 16.9. The molecule has 28 heavy (non-hydrogen) atoms. The molecule has 3 heterocycles. The van der Waals surface area contributed by atoms with Crippen molar-refractivity contribution in [3.05, 3.63) is 24.2 Å². The highest BCUT2D eigenvalue weighted by atomic mass is 16.5. The first-order valence-corrected chi connectivity index (χ1v) is 9.90. The summed E-state index contributed by atoms with van der Waals surface area (Å²) in [5.74, 6) is 2.71. The smallest absolute Gasteiger partial charge is 0.216 e. The van der Waals surface area contributed by atoms with Gasteiger partial charge in [0, 0.05) is 32.7 Å². The van der Waals surface area contributed by atoms with Crippen LogP contribution in [0.25, 0.3) is 11.6 Å². The highest BCUT2D eigenvalue weighted by Crippen LogP contribution is 2.14. The van der Waals surface area contributed by atoms with Gasteiger partial charge in [0.05, 0.1) is 25.5 Å². The number of likely N-dealkylation sites (tertiary alicyclic amines) is 1. The minimum atomic E-state index is 0.299. The van der Waals surface area contributed by atoms with Gasteiger partial charge in [-0.2, -0.15) is 0 Å². The van der Waals surface area contributed by atoms with Crippen molar-refractivity contribution in [1.82, 2.24) is 30.7 Å². The Kier molecular flexibility index (Phi) is 7.44. The van der Waals surface area contributed by atoms with Crippen molar-refractivity contribution in [1.29, 1.82) is 0 Å². The summed E-state index contributed by atoms with van der Waals surface area (Å²) >= 11 is 0. The number of rotatable bonds is 8. The molecule has 9 heteroatoms. The quantitative estimate of drug-likeness (QED) is 0.465. The maximum atomic E-state index is 5.65. The number of nitrogens with one attached hydrogen (secondary N) is 3. The van der Waals surface area contributed by atoms with Crippen molar-refractivity contribution >= 4 is 5.96 Å². The van der Waals surface area contributed by atoms with Crippen LogP contribution in [0.4, 0.5) is 0 Å². The first-order chi connectivity index (χ1) is 13.6. The zero-order valence-electron chi connectivity index (χ0n) is 16.9. The summed E-state index contributed by atoms with van der Waals surface area (Å²) in [6.07, 6.45) is 4.09. The Morgan fingerprint density at radius 1 is 1.43 bits per heavy atom. The lowest BCUT2D eigenvalue weighted by Gasteiger charge is -2.33. The second kappa shape index (κ2) is 10.2. The molecule has 0 saturated carbocycles. The number of hydrogen-bond donors (Lipinski definition) is 3. The van der Waals surface area contributed by atoms with Gasteiger partial charge in [0.2, 0.25) is 5.82 Å². The van der Waals surface area contributed by atoms with Gasteiger partial charge in [-0.1, -0.05) is 0 Å². The molecule has 0 spiro atoms. The molecule has 1 aliphatic heterocycles. The molecule has 0 radical (unpaired) electrons. The lowest BCUT2D eigenvalue weighted by molar-refractivity contribution is 0.0532. The predicted octanol–water partition coefficient (Wildman–Crippen LogP) is 1.62. The van der Waals surface area contributed by atoms with Gasteiger partial charge in [-0.05, 0) is 38.8 Å². The summed E-state index contributed by atoms with van der Waals surface area (Å²) in [5, 5.41) is 13.9. The van der Waals surface area contributed by atoms with Crippen LogP contribution in [0.2, 0.25) is 0 Å². The SMILES string of the molecule is CN=C(NCc1nc(-c2ccco2)n[nH]1)NC1CCN(CCOC(C)C)CC1. The summed E-state index contributed by atoms with van der Waals surface area (Å²) in [6.45, 7) is 8.61. The van der Waals surface area contributed by atoms with Crippen molar-refractivity contribution in [2.24, 2.45) is 4.99 Å². The average molecular weight is 390 g/mol. The van der Waals surface area contributed by atoms with E-state index < -0.39 is 0 Å². The minimum Gasteiger partial charge on any atom is -0.461 e. The Balaban J connectivity index is 1.38. The van der Waals surface area contributed by atoms with Crippen molar-refractivity contribution in [3.63, 3.8) is 0 Å². The van der Waals surface area contributed by atoms with E-state index >= 15 is 0 Å². The maximum Gasteiger partial charge on any atom is 0.216 e. The fraction of sp³-hybridized carbons (Fsp3) is 0.632. The van der Waals surface area contributed by atoms with Crippen molar-refractivity contribution in [3.8, 4) is 11.6 Å². The summed E-state index contributed by atoms with van der Waals surface area (Å²) in [5.41, 5.74) is 0. The Labute approximate surface area is 166 Å². The molecule has 0 atom stereocenters. The van der Waals surface area contributed by atoms with Crippen LogP contribution in [-0.4, -0.2) is 71.5 Å². The van der Waals surface area contributed by atoms with E-state index in [2.05, 4.69) is 49.6 Å². The van der Waals surface area contributed by atoms with E-state index in [0.717, 1.165) is 50.9 Å². The van der Waals surface area contributed by atoms with Crippen LogP contribution in [0.5, 0.6) is 0 Å². The van der Waals surface area contributed by atoms with E-state index in [-0.39, 0.29) is 0 Å². The average Bonchev–Trinajstić information content (AvgIpc) is 3.37. The summed E-state index contributed by atoms with van der Waals surface area (Å²) in [4.78, 5) is 11.2. The summed E-state index contributed by atoms with van der Waals surface area (Å²) in [6, 6.07) is 4.07. The van der Waals surface area contributed by atoms with Gasteiger partial charge >= 0.3 is 0 Å².